The Kier molecular flexibility index (Phi) is 3.33. The van der Waals surface area contributed by atoms with E-state index in [1.165, 1.54) is 0 Å². The van der Waals surface area contributed by atoms with Gasteiger partial charge in [-0.25, -0.2) is 4.39 Å². The summed E-state index contributed by atoms with van der Waals surface area (Å²) in [5.74, 6) is -0.984. The van der Waals surface area contributed by atoms with Crippen LogP contribution in [0.15, 0.2) is 6.07 Å². The van der Waals surface area contributed by atoms with Crippen LogP contribution in [0.25, 0.3) is 0 Å². The van der Waals surface area contributed by atoms with Crippen molar-refractivity contribution in [3.8, 4) is 0 Å². The first kappa shape index (κ1) is 11.9. The van der Waals surface area contributed by atoms with Gasteiger partial charge in [-0.3, -0.25) is 4.79 Å². The van der Waals surface area contributed by atoms with Crippen LogP contribution < -0.4 is 16.8 Å². The molecule has 1 amide bonds. The molecule has 6 heteroatoms. The zero-order chi connectivity index (χ0) is 12.4. The summed E-state index contributed by atoms with van der Waals surface area (Å²) in [6.45, 7) is 0. The van der Waals surface area contributed by atoms with Crippen molar-refractivity contribution in [3.05, 3.63) is 17.6 Å². The van der Waals surface area contributed by atoms with Crippen molar-refractivity contribution < 1.29 is 9.18 Å². The third kappa shape index (κ3) is 2.58. The number of carbonyl (C=O) groups excluding carboxylic acids is 1. The van der Waals surface area contributed by atoms with Gasteiger partial charge < -0.3 is 21.8 Å². The average Bonchev–Trinajstić information content (AvgIpc) is 2.64. The van der Waals surface area contributed by atoms with Crippen LogP contribution in [0, 0.1) is 5.82 Å². The molecule has 0 bridgehead atoms. The second-order valence-electron chi connectivity index (χ2n) is 4.47. The van der Waals surface area contributed by atoms with E-state index in [1.807, 2.05) is 0 Å². The Morgan fingerprint density at radius 3 is 2.76 bits per heavy atom. The van der Waals surface area contributed by atoms with Crippen molar-refractivity contribution in [3.63, 3.8) is 0 Å². The number of aromatic nitrogens is 1. The molecule has 2 atom stereocenters. The van der Waals surface area contributed by atoms with Gasteiger partial charge in [0.25, 0.3) is 5.91 Å². The van der Waals surface area contributed by atoms with Crippen molar-refractivity contribution in [1.29, 1.82) is 0 Å². The first-order valence-electron chi connectivity index (χ1n) is 5.78. The number of halogens is 1. The molecule has 2 rings (SSSR count). The van der Waals surface area contributed by atoms with E-state index < -0.39 is 11.7 Å². The minimum absolute atomic E-state index is 0.0171. The van der Waals surface area contributed by atoms with Gasteiger partial charge in [0.05, 0.1) is 0 Å². The van der Waals surface area contributed by atoms with Gasteiger partial charge >= 0.3 is 0 Å². The van der Waals surface area contributed by atoms with Crippen LogP contribution in [0.3, 0.4) is 0 Å². The second-order valence-corrected chi connectivity index (χ2v) is 4.47. The topological polar surface area (TPSA) is 96.9 Å². The minimum Gasteiger partial charge on any atom is -0.365 e. The van der Waals surface area contributed by atoms with Crippen molar-refractivity contribution >= 4 is 11.7 Å². The quantitative estimate of drug-likeness (QED) is 0.632. The summed E-state index contributed by atoms with van der Waals surface area (Å²) in [6.07, 6.45) is 4.03. The molecule has 94 valence electrons. The lowest BCUT2D eigenvalue weighted by Crippen LogP contribution is -2.42. The average molecular weight is 240 g/mol. The minimum atomic E-state index is -0.676. The van der Waals surface area contributed by atoms with Gasteiger partial charge in [0.15, 0.2) is 5.82 Å². The molecule has 1 fully saturated rings. The molecule has 0 radical (unpaired) electrons. The lowest BCUT2D eigenvalue weighted by atomic mass is 9.91. The van der Waals surface area contributed by atoms with Crippen LogP contribution >= 0.6 is 0 Å². The van der Waals surface area contributed by atoms with E-state index >= 15 is 0 Å². The van der Waals surface area contributed by atoms with Crippen LogP contribution in [0.2, 0.25) is 0 Å². The Balaban J connectivity index is 2.09. The van der Waals surface area contributed by atoms with Crippen LogP contribution in [0.5, 0.6) is 0 Å². The summed E-state index contributed by atoms with van der Waals surface area (Å²) in [6, 6.07) is 1.15. The molecular weight excluding hydrogens is 223 g/mol. The molecule has 1 aliphatic carbocycles. The lowest BCUT2D eigenvalue weighted by Gasteiger charge is -2.29. The van der Waals surface area contributed by atoms with Gasteiger partial charge in [0.2, 0.25) is 0 Å². The van der Waals surface area contributed by atoms with E-state index in [-0.39, 0.29) is 23.6 Å². The van der Waals surface area contributed by atoms with Gasteiger partial charge in [-0.2, -0.15) is 0 Å². The number of nitrogens with one attached hydrogen (secondary N) is 2. The number of hydrogen-bond donors (Lipinski definition) is 4. The van der Waals surface area contributed by atoms with Crippen molar-refractivity contribution in [2.45, 2.75) is 37.8 Å². The van der Waals surface area contributed by atoms with Crippen LogP contribution in [0.1, 0.15) is 36.2 Å². The van der Waals surface area contributed by atoms with Crippen LogP contribution in [-0.2, 0) is 0 Å². The van der Waals surface area contributed by atoms with Gasteiger partial charge in [0, 0.05) is 18.2 Å². The number of aromatic amines is 1. The van der Waals surface area contributed by atoms with E-state index in [1.54, 1.807) is 0 Å². The van der Waals surface area contributed by atoms with E-state index in [0.29, 0.717) is 0 Å². The molecule has 1 aromatic heterocycles. The molecule has 1 unspecified atom stereocenters. The Hall–Kier alpha value is -1.56. The van der Waals surface area contributed by atoms with E-state index in [0.717, 1.165) is 31.7 Å². The molecule has 0 saturated heterocycles. The number of anilines is 1. The Morgan fingerprint density at radius 2 is 2.18 bits per heavy atom. The van der Waals surface area contributed by atoms with Gasteiger partial charge in [-0.05, 0) is 12.8 Å². The molecule has 1 saturated carbocycles. The van der Waals surface area contributed by atoms with Crippen LogP contribution in [-0.4, -0.2) is 23.0 Å². The summed E-state index contributed by atoms with van der Waals surface area (Å²) in [7, 11) is 0. The predicted molar refractivity (Wildman–Crippen MR) is 63.1 cm³/mol. The third-order valence-electron chi connectivity index (χ3n) is 3.18. The number of rotatable bonds is 3. The second kappa shape index (κ2) is 4.75. The van der Waals surface area contributed by atoms with Gasteiger partial charge in [0.1, 0.15) is 11.5 Å². The molecule has 0 aromatic carbocycles. The normalized spacial score (nSPS) is 24.6. The highest BCUT2D eigenvalue weighted by molar-refractivity contribution is 5.91. The highest BCUT2D eigenvalue weighted by atomic mass is 19.1. The summed E-state index contributed by atoms with van der Waals surface area (Å²) in [5.41, 5.74) is 11.1. The number of carbonyl (C=O) groups is 1. The molecule has 1 aliphatic rings. The van der Waals surface area contributed by atoms with Gasteiger partial charge in [-0.1, -0.05) is 12.8 Å². The first-order valence-corrected chi connectivity index (χ1v) is 5.78. The van der Waals surface area contributed by atoms with E-state index in [4.69, 9.17) is 11.5 Å². The summed E-state index contributed by atoms with van der Waals surface area (Å²) in [4.78, 5) is 13.5. The van der Waals surface area contributed by atoms with E-state index in [2.05, 4.69) is 10.3 Å². The maximum absolute atomic E-state index is 13.5. The molecule has 6 N–H and O–H groups in total. The zero-order valence-corrected chi connectivity index (χ0v) is 9.50. The zero-order valence-electron chi connectivity index (χ0n) is 9.50. The number of hydrogen-bond acceptors (Lipinski definition) is 3. The highest BCUT2D eigenvalue weighted by Crippen LogP contribution is 2.22. The maximum Gasteiger partial charge on any atom is 0.265 e. The lowest BCUT2D eigenvalue weighted by molar-refractivity contribution is 0.0996. The molecule has 0 spiro atoms. The summed E-state index contributed by atoms with van der Waals surface area (Å²) < 4.78 is 13.5. The van der Waals surface area contributed by atoms with Crippen LogP contribution in [0.4, 0.5) is 10.2 Å². The Labute approximate surface area is 98.7 Å². The molecular formula is C11H17FN4O. The Bertz CT molecular complexity index is 418. The van der Waals surface area contributed by atoms with Crippen molar-refractivity contribution in [2.75, 3.05) is 5.32 Å². The molecule has 5 nitrogen and oxygen atoms in total. The number of nitrogens with two attached hydrogens (primary N) is 2. The summed E-state index contributed by atoms with van der Waals surface area (Å²) >= 11 is 0. The van der Waals surface area contributed by atoms with Crippen molar-refractivity contribution in [1.82, 2.24) is 4.98 Å². The predicted octanol–water partition coefficient (Wildman–Crippen LogP) is 0.934. The molecule has 0 aliphatic heterocycles. The molecule has 17 heavy (non-hydrogen) atoms. The number of primary amides is 1. The summed E-state index contributed by atoms with van der Waals surface area (Å²) in [5, 5.41) is 3.01. The number of amides is 1. The molecule has 1 aromatic rings. The first-order chi connectivity index (χ1) is 8.08. The SMILES string of the molecule is NC(=O)c1cc(F)c(N[C@@H]2CCCCC2N)[nH]1. The van der Waals surface area contributed by atoms with Crippen molar-refractivity contribution in [2.24, 2.45) is 11.5 Å². The van der Waals surface area contributed by atoms with Gasteiger partial charge in [-0.15, -0.1) is 0 Å². The Morgan fingerprint density at radius 1 is 1.47 bits per heavy atom. The fourth-order valence-corrected chi connectivity index (χ4v) is 2.19. The standard InChI is InChI=1S/C11H17FN4O/c12-6-5-9(10(14)17)16-11(6)15-8-4-2-1-3-7(8)13/h5,7-8,15-16H,1-4,13H2,(H2,14,17)/t7?,8-/m1/s1. The highest BCUT2D eigenvalue weighted by Gasteiger charge is 2.23. The molecule has 1 heterocycles. The maximum atomic E-state index is 13.5. The third-order valence-corrected chi connectivity index (χ3v) is 3.18. The fraction of sp³-hybridized carbons (Fsp3) is 0.545. The van der Waals surface area contributed by atoms with E-state index in [9.17, 15) is 9.18 Å². The number of H-pyrrole nitrogens is 1. The largest absolute Gasteiger partial charge is 0.365 e. The fourth-order valence-electron chi connectivity index (χ4n) is 2.19. The monoisotopic (exact) mass is 240 g/mol. The smallest absolute Gasteiger partial charge is 0.265 e.